The molecule has 0 bridgehead atoms. The highest BCUT2D eigenvalue weighted by molar-refractivity contribution is 5.78. The number of anilines is 1. The number of para-hydroxylation sites is 1. The van der Waals surface area contributed by atoms with Crippen LogP contribution in [0.4, 0.5) is 5.95 Å². The van der Waals surface area contributed by atoms with Gasteiger partial charge in [-0.25, -0.2) is 10.8 Å². The lowest BCUT2D eigenvalue weighted by molar-refractivity contribution is 0.0965. The summed E-state index contributed by atoms with van der Waals surface area (Å²) >= 11 is 0. The third kappa shape index (κ3) is 2.20. The highest BCUT2D eigenvalue weighted by atomic mass is 16.5. The van der Waals surface area contributed by atoms with Gasteiger partial charge in [0.1, 0.15) is 0 Å². The molecule has 1 saturated heterocycles. The number of nitrogens with zero attached hydrogens (tertiary/aromatic N) is 2. The van der Waals surface area contributed by atoms with Gasteiger partial charge in [0.2, 0.25) is 5.95 Å². The molecule has 0 radical (unpaired) electrons. The Labute approximate surface area is 110 Å². The highest BCUT2D eigenvalue weighted by Gasteiger charge is 2.19. The van der Waals surface area contributed by atoms with Crippen molar-refractivity contribution in [3.8, 4) is 0 Å². The third-order valence-corrected chi connectivity index (χ3v) is 3.40. The zero-order valence-electron chi connectivity index (χ0n) is 10.5. The van der Waals surface area contributed by atoms with Crippen molar-refractivity contribution in [2.24, 2.45) is 5.84 Å². The van der Waals surface area contributed by atoms with Crippen molar-refractivity contribution >= 4 is 16.9 Å². The van der Waals surface area contributed by atoms with Crippen LogP contribution in [-0.2, 0) is 11.3 Å². The second-order valence-electron chi connectivity index (χ2n) is 4.65. The molecule has 1 atom stereocenters. The second-order valence-corrected chi connectivity index (χ2v) is 4.65. The molecule has 0 spiro atoms. The first-order valence-corrected chi connectivity index (χ1v) is 6.37. The maximum absolute atomic E-state index is 12.5. The van der Waals surface area contributed by atoms with Gasteiger partial charge in [-0.2, -0.15) is 0 Å². The molecule has 3 rings (SSSR count). The van der Waals surface area contributed by atoms with E-state index in [1.54, 1.807) is 16.7 Å². The topological polar surface area (TPSA) is 82.2 Å². The lowest BCUT2D eigenvalue weighted by Crippen LogP contribution is -2.31. The lowest BCUT2D eigenvalue weighted by atomic mass is 10.2. The first-order chi connectivity index (χ1) is 9.29. The molecule has 19 heavy (non-hydrogen) atoms. The number of hydrazine groups is 1. The summed E-state index contributed by atoms with van der Waals surface area (Å²) in [6.45, 7) is 1.24. The van der Waals surface area contributed by atoms with Crippen molar-refractivity contribution < 1.29 is 4.74 Å². The number of rotatable bonds is 3. The van der Waals surface area contributed by atoms with Crippen LogP contribution in [0, 0.1) is 0 Å². The SMILES string of the molecule is NNc1nc2ccccc2c(=O)n1C[C@@H]1CCCO1. The highest BCUT2D eigenvalue weighted by Crippen LogP contribution is 2.16. The molecule has 0 aliphatic carbocycles. The molecule has 1 aromatic heterocycles. The van der Waals surface area contributed by atoms with E-state index in [2.05, 4.69) is 10.4 Å². The molecule has 1 aromatic carbocycles. The molecule has 6 nitrogen and oxygen atoms in total. The quantitative estimate of drug-likeness (QED) is 0.632. The van der Waals surface area contributed by atoms with Crippen LogP contribution >= 0.6 is 0 Å². The number of nitrogens with two attached hydrogens (primary N) is 1. The van der Waals surface area contributed by atoms with Crippen LogP contribution in [0.2, 0.25) is 0 Å². The van der Waals surface area contributed by atoms with Gasteiger partial charge >= 0.3 is 0 Å². The van der Waals surface area contributed by atoms with E-state index < -0.39 is 0 Å². The average molecular weight is 260 g/mol. The summed E-state index contributed by atoms with van der Waals surface area (Å²) in [4.78, 5) is 16.8. The Morgan fingerprint density at radius 1 is 1.47 bits per heavy atom. The monoisotopic (exact) mass is 260 g/mol. The molecule has 2 heterocycles. The fraction of sp³-hybridized carbons (Fsp3) is 0.385. The number of benzene rings is 1. The Bertz CT molecular complexity index is 647. The molecule has 1 aliphatic rings. The Kier molecular flexibility index (Phi) is 3.18. The third-order valence-electron chi connectivity index (χ3n) is 3.40. The van der Waals surface area contributed by atoms with Crippen molar-refractivity contribution in [1.29, 1.82) is 0 Å². The fourth-order valence-corrected chi connectivity index (χ4v) is 2.44. The van der Waals surface area contributed by atoms with Crippen LogP contribution in [0.5, 0.6) is 0 Å². The summed E-state index contributed by atoms with van der Waals surface area (Å²) in [6, 6.07) is 7.25. The fourth-order valence-electron chi connectivity index (χ4n) is 2.44. The minimum absolute atomic E-state index is 0.0627. The molecule has 1 fully saturated rings. The van der Waals surface area contributed by atoms with Crippen molar-refractivity contribution in [1.82, 2.24) is 9.55 Å². The molecule has 0 unspecified atom stereocenters. The van der Waals surface area contributed by atoms with E-state index in [-0.39, 0.29) is 11.7 Å². The van der Waals surface area contributed by atoms with Crippen LogP contribution in [0.25, 0.3) is 10.9 Å². The standard InChI is InChI=1S/C13H16N4O2/c14-16-13-15-11-6-2-1-5-10(11)12(18)17(13)8-9-4-3-7-19-9/h1-2,5-6,9H,3-4,7-8,14H2,(H,15,16)/t9-/m0/s1. The number of nitrogen functional groups attached to an aromatic ring is 1. The molecule has 6 heteroatoms. The van der Waals surface area contributed by atoms with Gasteiger partial charge in [0, 0.05) is 6.61 Å². The Balaban J connectivity index is 2.10. The number of hydrogen-bond donors (Lipinski definition) is 2. The normalized spacial score (nSPS) is 18.9. The first-order valence-electron chi connectivity index (χ1n) is 6.37. The second kappa shape index (κ2) is 4.99. The van der Waals surface area contributed by atoms with Gasteiger partial charge < -0.3 is 4.74 Å². The van der Waals surface area contributed by atoms with Gasteiger partial charge in [0.25, 0.3) is 5.56 Å². The largest absolute Gasteiger partial charge is 0.376 e. The van der Waals surface area contributed by atoms with Crippen molar-refractivity contribution in [3.63, 3.8) is 0 Å². The maximum atomic E-state index is 12.5. The van der Waals surface area contributed by atoms with Crippen LogP contribution in [0.1, 0.15) is 12.8 Å². The number of fused-ring (bicyclic) bond motifs is 1. The van der Waals surface area contributed by atoms with Crippen molar-refractivity contribution in [2.75, 3.05) is 12.0 Å². The Hall–Kier alpha value is -1.92. The Morgan fingerprint density at radius 3 is 3.05 bits per heavy atom. The number of aromatic nitrogens is 2. The Morgan fingerprint density at radius 2 is 2.32 bits per heavy atom. The summed E-state index contributed by atoms with van der Waals surface area (Å²) in [7, 11) is 0. The zero-order chi connectivity index (χ0) is 13.2. The molecule has 100 valence electrons. The van der Waals surface area contributed by atoms with E-state index in [1.807, 2.05) is 12.1 Å². The summed E-state index contributed by atoms with van der Waals surface area (Å²) in [5.74, 6) is 5.85. The minimum Gasteiger partial charge on any atom is -0.376 e. The molecule has 3 N–H and O–H groups in total. The molecule has 2 aromatic rings. The lowest BCUT2D eigenvalue weighted by Gasteiger charge is -2.15. The summed E-state index contributed by atoms with van der Waals surface area (Å²) in [6.07, 6.45) is 2.06. The number of ether oxygens (including phenoxy) is 1. The molecule has 1 aliphatic heterocycles. The van der Waals surface area contributed by atoms with Gasteiger partial charge in [-0.05, 0) is 25.0 Å². The van der Waals surface area contributed by atoms with Crippen LogP contribution in [0.15, 0.2) is 29.1 Å². The van der Waals surface area contributed by atoms with Gasteiger partial charge in [-0.15, -0.1) is 0 Å². The zero-order valence-corrected chi connectivity index (χ0v) is 10.5. The first kappa shape index (κ1) is 12.1. The van der Waals surface area contributed by atoms with Gasteiger partial charge in [0.05, 0.1) is 23.6 Å². The smallest absolute Gasteiger partial charge is 0.262 e. The van der Waals surface area contributed by atoms with E-state index in [4.69, 9.17) is 10.6 Å². The van der Waals surface area contributed by atoms with E-state index in [1.165, 1.54) is 0 Å². The molecular weight excluding hydrogens is 244 g/mol. The van der Waals surface area contributed by atoms with Gasteiger partial charge in [-0.3, -0.25) is 14.8 Å². The van der Waals surface area contributed by atoms with Crippen LogP contribution < -0.4 is 16.8 Å². The van der Waals surface area contributed by atoms with Crippen molar-refractivity contribution in [3.05, 3.63) is 34.6 Å². The van der Waals surface area contributed by atoms with E-state index in [9.17, 15) is 4.79 Å². The number of nitrogens with one attached hydrogen (secondary N) is 1. The predicted molar refractivity (Wildman–Crippen MR) is 72.8 cm³/mol. The number of hydrogen-bond acceptors (Lipinski definition) is 5. The summed E-state index contributed by atoms with van der Waals surface area (Å²) in [5, 5.41) is 0.597. The van der Waals surface area contributed by atoms with Crippen molar-refractivity contribution in [2.45, 2.75) is 25.5 Å². The van der Waals surface area contributed by atoms with Gasteiger partial charge in [-0.1, -0.05) is 12.1 Å². The summed E-state index contributed by atoms with van der Waals surface area (Å²) in [5.41, 5.74) is 3.05. The minimum atomic E-state index is -0.0888. The van der Waals surface area contributed by atoms with E-state index in [0.29, 0.717) is 23.4 Å². The molecule has 0 amide bonds. The predicted octanol–water partition coefficient (Wildman–Crippen LogP) is 0.861. The van der Waals surface area contributed by atoms with E-state index >= 15 is 0 Å². The van der Waals surface area contributed by atoms with Crippen LogP contribution in [-0.4, -0.2) is 22.3 Å². The maximum Gasteiger partial charge on any atom is 0.262 e. The van der Waals surface area contributed by atoms with Crippen LogP contribution in [0.3, 0.4) is 0 Å². The summed E-state index contributed by atoms with van der Waals surface area (Å²) < 4.78 is 7.12. The van der Waals surface area contributed by atoms with Gasteiger partial charge in [0.15, 0.2) is 0 Å². The molecule has 0 saturated carbocycles. The van der Waals surface area contributed by atoms with E-state index in [0.717, 1.165) is 19.4 Å². The average Bonchev–Trinajstić information content (AvgIpc) is 2.95. The molecular formula is C13H16N4O2.